The van der Waals surface area contributed by atoms with Crippen LogP contribution in [0.5, 0.6) is 17.2 Å². The number of aliphatic carboxylic acids is 1. The van der Waals surface area contributed by atoms with Crippen molar-refractivity contribution in [1.29, 1.82) is 0 Å². The second-order valence-corrected chi connectivity index (χ2v) is 6.29. The lowest BCUT2D eigenvalue weighted by molar-refractivity contribution is -0.143. The Morgan fingerprint density at radius 2 is 1.72 bits per heavy atom. The van der Waals surface area contributed by atoms with Gasteiger partial charge >= 0.3 is 5.97 Å². The average Bonchev–Trinajstić information content (AvgIpc) is 2.64. The summed E-state index contributed by atoms with van der Waals surface area (Å²) < 4.78 is 11.2. The zero-order valence-corrected chi connectivity index (χ0v) is 14.4. The van der Waals surface area contributed by atoms with Crippen LogP contribution in [0.2, 0.25) is 0 Å². The zero-order valence-electron chi connectivity index (χ0n) is 14.4. The van der Waals surface area contributed by atoms with Gasteiger partial charge in [-0.1, -0.05) is 24.3 Å². The third-order valence-corrected chi connectivity index (χ3v) is 4.56. The Balaban J connectivity index is 1.57. The standard InChI is InChI=1S/C20H23NO4/c1-24-18-4-2-3-5-19(18)25-17-8-6-15(7-9-17)14-21-12-10-16(11-13-21)20(22)23/h2-9,16H,10-14H2,1H3,(H,22,23). The van der Waals surface area contributed by atoms with Crippen molar-refractivity contribution in [2.24, 2.45) is 5.92 Å². The molecule has 0 atom stereocenters. The fourth-order valence-electron chi connectivity index (χ4n) is 3.09. The molecule has 1 aliphatic rings. The number of hydrogen-bond donors (Lipinski definition) is 1. The molecule has 1 aliphatic heterocycles. The number of carboxylic acid groups (broad SMARTS) is 1. The Kier molecular flexibility index (Phi) is 5.56. The fourth-order valence-corrected chi connectivity index (χ4v) is 3.09. The van der Waals surface area contributed by atoms with Gasteiger partial charge in [0.1, 0.15) is 5.75 Å². The van der Waals surface area contributed by atoms with Crippen molar-refractivity contribution in [2.75, 3.05) is 20.2 Å². The van der Waals surface area contributed by atoms with Crippen molar-refractivity contribution >= 4 is 5.97 Å². The monoisotopic (exact) mass is 341 g/mol. The van der Waals surface area contributed by atoms with E-state index in [-0.39, 0.29) is 5.92 Å². The predicted molar refractivity (Wildman–Crippen MR) is 95.1 cm³/mol. The summed E-state index contributed by atoms with van der Waals surface area (Å²) >= 11 is 0. The minimum atomic E-state index is -0.669. The van der Waals surface area contributed by atoms with Gasteiger partial charge < -0.3 is 14.6 Å². The molecule has 3 rings (SSSR count). The quantitative estimate of drug-likeness (QED) is 0.866. The van der Waals surface area contributed by atoms with E-state index in [0.717, 1.165) is 38.2 Å². The molecule has 0 saturated carbocycles. The number of hydrogen-bond acceptors (Lipinski definition) is 4. The van der Waals surface area contributed by atoms with Crippen LogP contribution in [-0.2, 0) is 11.3 Å². The van der Waals surface area contributed by atoms with Gasteiger partial charge in [0, 0.05) is 6.54 Å². The zero-order chi connectivity index (χ0) is 17.6. The SMILES string of the molecule is COc1ccccc1Oc1ccc(CN2CCC(C(=O)O)CC2)cc1. The topological polar surface area (TPSA) is 59.0 Å². The molecule has 5 heteroatoms. The number of methoxy groups -OCH3 is 1. The molecule has 0 aromatic heterocycles. The predicted octanol–water partition coefficient (Wildman–Crippen LogP) is 3.78. The Hall–Kier alpha value is -2.53. The molecule has 1 saturated heterocycles. The molecule has 2 aromatic carbocycles. The minimum absolute atomic E-state index is 0.187. The van der Waals surface area contributed by atoms with E-state index in [4.69, 9.17) is 14.6 Å². The molecule has 2 aromatic rings. The molecular formula is C20H23NO4. The number of benzene rings is 2. The molecule has 0 spiro atoms. The molecule has 0 radical (unpaired) electrons. The van der Waals surface area contributed by atoms with Gasteiger partial charge in [0.15, 0.2) is 11.5 Å². The van der Waals surface area contributed by atoms with Gasteiger partial charge in [-0.05, 0) is 55.8 Å². The highest BCUT2D eigenvalue weighted by Gasteiger charge is 2.24. The summed E-state index contributed by atoms with van der Waals surface area (Å²) in [5.74, 6) is 1.30. The van der Waals surface area contributed by atoms with Gasteiger partial charge in [0.05, 0.1) is 13.0 Å². The maximum atomic E-state index is 11.0. The van der Waals surface area contributed by atoms with Crippen molar-refractivity contribution in [3.05, 3.63) is 54.1 Å². The van der Waals surface area contributed by atoms with E-state index in [1.54, 1.807) is 7.11 Å². The van der Waals surface area contributed by atoms with E-state index in [1.807, 2.05) is 48.5 Å². The molecule has 0 amide bonds. The number of nitrogens with zero attached hydrogens (tertiary/aromatic N) is 1. The van der Waals surface area contributed by atoms with Crippen LogP contribution in [0, 0.1) is 5.92 Å². The van der Waals surface area contributed by atoms with Gasteiger partial charge in [0.2, 0.25) is 0 Å². The van der Waals surface area contributed by atoms with E-state index >= 15 is 0 Å². The summed E-state index contributed by atoms with van der Waals surface area (Å²) in [6, 6.07) is 15.6. The summed E-state index contributed by atoms with van der Waals surface area (Å²) in [4.78, 5) is 13.3. The maximum Gasteiger partial charge on any atom is 0.306 e. The lowest BCUT2D eigenvalue weighted by Gasteiger charge is -2.30. The summed E-state index contributed by atoms with van der Waals surface area (Å²) in [5, 5.41) is 9.06. The Bertz CT molecular complexity index is 706. The first-order valence-corrected chi connectivity index (χ1v) is 8.50. The number of ether oxygens (including phenoxy) is 2. The van der Waals surface area contributed by atoms with Crippen molar-refractivity contribution in [3.63, 3.8) is 0 Å². The summed E-state index contributed by atoms with van der Waals surface area (Å²) in [6.45, 7) is 2.49. The van der Waals surface area contributed by atoms with Crippen molar-refractivity contribution in [1.82, 2.24) is 4.90 Å². The Morgan fingerprint density at radius 3 is 2.32 bits per heavy atom. The van der Waals surface area contributed by atoms with Crippen LogP contribution in [-0.4, -0.2) is 36.2 Å². The van der Waals surface area contributed by atoms with Crippen molar-refractivity contribution in [3.8, 4) is 17.2 Å². The highest BCUT2D eigenvalue weighted by Crippen LogP contribution is 2.31. The van der Waals surface area contributed by atoms with E-state index in [0.29, 0.717) is 11.5 Å². The molecule has 1 heterocycles. The second-order valence-electron chi connectivity index (χ2n) is 6.29. The second kappa shape index (κ2) is 8.03. The van der Waals surface area contributed by atoms with Crippen LogP contribution in [0.4, 0.5) is 0 Å². The van der Waals surface area contributed by atoms with Gasteiger partial charge in [-0.15, -0.1) is 0 Å². The highest BCUT2D eigenvalue weighted by atomic mass is 16.5. The third kappa shape index (κ3) is 4.51. The third-order valence-electron chi connectivity index (χ3n) is 4.56. The number of para-hydroxylation sites is 2. The number of carboxylic acids is 1. The van der Waals surface area contributed by atoms with Crippen LogP contribution in [0.15, 0.2) is 48.5 Å². The number of likely N-dealkylation sites (tertiary alicyclic amines) is 1. The lowest BCUT2D eigenvalue weighted by atomic mass is 9.97. The summed E-state index contributed by atoms with van der Waals surface area (Å²) in [5.41, 5.74) is 1.20. The number of carbonyl (C=O) groups is 1. The summed E-state index contributed by atoms with van der Waals surface area (Å²) in [7, 11) is 1.62. The molecule has 1 fully saturated rings. The van der Waals surface area contributed by atoms with E-state index in [2.05, 4.69) is 4.90 Å². The minimum Gasteiger partial charge on any atom is -0.493 e. The molecule has 132 valence electrons. The smallest absolute Gasteiger partial charge is 0.306 e. The average molecular weight is 341 g/mol. The largest absolute Gasteiger partial charge is 0.493 e. The Morgan fingerprint density at radius 1 is 1.08 bits per heavy atom. The van der Waals surface area contributed by atoms with Crippen LogP contribution in [0.1, 0.15) is 18.4 Å². The normalized spacial score (nSPS) is 15.7. The van der Waals surface area contributed by atoms with E-state index < -0.39 is 5.97 Å². The molecule has 0 unspecified atom stereocenters. The first-order chi connectivity index (χ1) is 12.2. The van der Waals surface area contributed by atoms with Crippen LogP contribution in [0.25, 0.3) is 0 Å². The first-order valence-electron chi connectivity index (χ1n) is 8.50. The van der Waals surface area contributed by atoms with E-state index in [1.165, 1.54) is 5.56 Å². The van der Waals surface area contributed by atoms with Crippen molar-refractivity contribution in [2.45, 2.75) is 19.4 Å². The fraction of sp³-hybridized carbons (Fsp3) is 0.350. The molecule has 25 heavy (non-hydrogen) atoms. The highest BCUT2D eigenvalue weighted by molar-refractivity contribution is 5.70. The molecule has 5 nitrogen and oxygen atoms in total. The summed E-state index contributed by atoms with van der Waals surface area (Å²) in [6.07, 6.45) is 1.45. The van der Waals surface area contributed by atoms with E-state index in [9.17, 15) is 4.79 Å². The van der Waals surface area contributed by atoms with Gasteiger partial charge in [-0.2, -0.15) is 0 Å². The van der Waals surface area contributed by atoms with Crippen LogP contribution >= 0.6 is 0 Å². The van der Waals surface area contributed by atoms with Crippen molar-refractivity contribution < 1.29 is 19.4 Å². The van der Waals surface area contributed by atoms with Crippen LogP contribution < -0.4 is 9.47 Å². The molecule has 0 aliphatic carbocycles. The Labute approximate surface area is 147 Å². The first kappa shape index (κ1) is 17.3. The number of piperidine rings is 1. The van der Waals surface area contributed by atoms with Gasteiger partial charge in [-0.3, -0.25) is 9.69 Å². The van der Waals surface area contributed by atoms with Gasteiger partial charge in [-0.25, -0.2) is 0 Å². The maximum absolute atomic E-state index is 11.0. The molecule has 0 bridgehead atoms. The number of rotatable bonds is 6. The van der Waals surface area contributed by atoms with Crippen LogP contribution in [0.3, 0.4) is 0 Å². The lowest BCUT2D eigenvalue weighted by Crippen LogP contribution is -2.35. The molecule has 1 N–H and O–H groups in total. The molecular weight excluding hydrogens is 318 g/mol. The van der Waals surface area contributed by atoms with Gasteiger partial charge in [0.25, 0.3) is 0 Å².